The van der Waals surface area contributed by atoms with Crippen LogP contribution < -0.4 is 0 Å². The third-order valence-electron chi connectivity index (χ3n) is 2.55. The minimum atomic E-state index is -0.752. The summed E-state index contributed by atoms with van der Waals surface area (Å²) in [4.78, 5) is 4.06. The van der Waals surface area contributed by atoms with E-state index in [2.05, 4.69) is 10.1 Å². The van der Waals surface area contributed by atoms with Crippen LogP contribution >= 0.6 is 0 Å². The first-order valence-corrected chi connectivity index (χ1v) is 5.50. The van der Waals surface area contributed by atoms with E-state index in [1.807, 2.05) is 0 Å². The molecule has 0 aliphatic rings. The van der Waals surface area contributed by atoms with E-state index < -0.39 is 17.7 Å². The molecule has 1 heterocycles. The van der Waals surface area contributed by atoms with Crippen molar-refractivity contribution in [2.75, 3.05) is 20.8 Å². The molecular formula is C12H13FN2O4. The van der Waals surface area contributed by atoms with E-state index in [9.17, 15) is 9.50 Å². The molecule has 1 atom stereocenters. The van der Waals surface area contributed by atoms with Crippen molar-refractivity contribution in [3.8, 4) is 17.2 Å². The Morgan fingerprint density at radius 1 is 1.42 bits per heavy atom. The summed E-state index contributed by atoms with van der Waals surface area (Å²) in [5.41, 5.74) is 0.131. The molecule has 0 aliphatic carbocycles. The number of nitrogens with zero attached hydrogens (tertiary/aromatic N) is 2. The Bertz CT molecular complexity index is 558. The van der Waals surface area contributed by atoms with Gasteiger partial charge in [-0.3, -0.25) is 0 Å². The summed E-state index contributed by atoms with van der Waals surface area (Å²) in [6.07, 6.45) is -0.488. The molecule has 0 fully saturated rings. The van der Waals surface area contributed by atoms with Crippen LogP contribution in [-0.4, -0.2) is 36.1 Å². The number of aromatic hydroxyl groups is 1. The van der Waals surface area contributed by atoms with Gasteiger partial charge in [-0.2, -0.15) is 4.98 Å². The second-order valence-electron chi connectivity index (χ2n) is 3.77. The minimum Gasteiger partial charge on any atom is -0.504 e. The van der Waals surface area contributed by atoms with Gasteiger partial charge in [0, 0.05) is 14.2 Å². The molecule has 1 unspecified atom stereocenters. The first-order chi connectivity index (χ1) is 9.17. The zero-order valence-electron chi connectivity index (χ0n) is 10.5. The Morgan fingerprint density at radius 3 is 2.89 bits per heavy atom. The first kappa shape index (κ1) is 13.4. The van der Waals surface area contributed by atoms with E-state index in [0.717, 1.165) is 6.07 Å². The lowest BCUT2D eigenvalue weighted by Gasteiger charge is -2.08. The molecule has 1 aromatic carbocycles. The van der Waals surface area contributed by atoms with Crippen molar-refractivity contribution < 1.29 is 23.5 Å². The van der Waals surface area contributed by atoms with Gasteiger partial charge in [-0.15, -0.1) is 0 Å². The number of ether oxygens (including phenoxy) is 2. The maximum absolute atomic E-state index is 13.2. The summed E-state index contributed by atoms with van der Waals surface area (Å²) in [7, 11) is 3.00. The maximum atomic E-state index is 13.2. The molecule has 0 saturated heterocycles. The highest BCUT2D eigenvalue weighted by atomic mass is 19.1. The van der Waals surface area contributed by atoms with Crippen LogP contribution in [0.2, 0.25) is 0 Å². The van der Waals surface area contributed by atoms with Gasteiger partial charge in [0.1, 0.15) is 6.10 Å². The summed E-state index contributed by atoms with van der Waals surface area (Å²) >= 11 is 0. The monoisotopic (exact) mass is 268 g/mol. The van der Waals surface area contributed by atoms with Gasteiger partial charge < -0.3 is 19.1 Å². The van der Waals surface area contributed by atoms with Crippen LogP contribution in [0, 0.1) is 5.82 Å². The minimum absolute atomic E-state index is 0.0187. The first-order valence-electron chi connectivity index (χ1n) is 5.50. The molecule has 0 spiro atoms. The normalized spacial score (nSPS) is 12.6. The highest BCUT2D eigenvalue weighted by Gasteiger charge is 2.20. The zero-order valence-corrected chi connectivity index (χ0v) is 10.5. The fraction of sp³-hybridized carbons (Fsp3) is 0.333. The quantitative estimate of drug-likeness (QED) is 0.892. The summed E-state index contributed by atoms with van der Waals surface area (Å²) in [5, 5.41) is 13.3. The number of hydrogen-bond donors (Lipinski definition) is 1. The third kappa shape index (κ3) is 2.72. The smallest absolute Gasteiger partial charge is 0.261 e. The Hall–Kier alpha value is -1.99. The largest absolute Gasteiger partial charge is 0.504 e. The lowest BCUT2D eigenvalue weighted by Crippen LogP contribution is -2.10. The van der Waals surface area contributed by atoms with Crippen LogP contribution in [0.4, 0.5) is 4.39 Å². The second-order valence-corrected chi connectivity index (χ2v) is 3.77. The summed E-state index contributed by atoms with van der Waals surface area (Å²) < 4.78 is 28.3. The number of halogens is 1. The van der Waals surface area contributed by atoms with Crippen molar-refractivity contribution in [2.45, 2.75) is 6.10 Å². The summed E-state index contributed by atoms with van der Waals surface area (Å²) in [6.45, 7) is 0.255. The highest BCUT2D eigenvalue weighted by molar-refractivity contribution is 5.62. The highest BCUT2D eigenvalue weighted by Crippen LogP contribution is 2.30. The van der Waals surface area contributed by atoms with Crippen molar-refractivity contribution in [3.63, 3.8) is 0 Å². The standard InChI is InChI=1S/C12H13FN2O4/c1-17-6-9(18-2)11-14-12(19-15-11)7-4-3-5-8(13)10(7)16/h3-5,9,16H,6H2,1-2H3. The van der Waals surface area contributed by atoms with Gasteiger partial charge in [0.15, 0.2) is 11.6 Å². The van der Waals surface area contributed by atoms with Crippen LogP contribution in [0.3, 0.4) is 0 Å². The van der Waals surface area contributed by atoms with Crippen LogP contribution in [0.15, 0.2) is 22.7 Å². The molecule has 19 heavy (non-hydrogen) atoms. The second kappa shape index (κ2) is 5.77. The van der Waals surface area contributed by atoms with Gasteiger partial charge in [-0.1, -0.05) is 11.2 Å². The Kier molecular flexibility index (Phi) is 4.08. The SMILES string of the molecule is COCC(OC)c1noc(-c2cccc(F)c2O)n1. The Morgan fingerprint density at radius 2 is 2.21 bits per heavy atom. The number of phenolic OH excluding ortho intramolecular Hbond substituents is 1. The molecule has 0 aliphatic heterocycles. The van der Waals surface area contributed by atoms with Crippen LogP contribution in [0.25, 0.3) is 11.5 Å². The molecule has 2 rings (SSSR count). The number of para-hydroxylation sites is 1. The van der Waals surface area contributed by atoms with Crippen LogP contribution in [0.5, 0.6) is 5.75 Å². The number of benzene rings is 1. The lowest BCUT2D eigenvalue weighted by atomic mass is 10.2. The van der Waals surface area contributed by atoms with Gasteiger partial charge in [0.05, 0.1) is 12.2 Å². The van der Waals surface area contributed by atoms with E-state index >= 15 is 0 Å². The molecule has 6 nitrogen and oxygen atoms in total. The van der Waals surface area contributed by atoms with Gasteiger partial charge in [0.2, 0.25) is 5.82 Å². The Balaban J connectivity index is 2.32. The average molecular weight is 268 g/mol. The third-order valence-corrected chi connectivity index (χ3v) is 2.55. The number of methoxy groups -OCH3 is 2. The predicted molar refractivity (Wildman–Crippen MR) is 63.0 cm³/mol. The van der Waals surface area contributed by atoms with Gasteiger partial charge >= 0.3 is 0 Å². The number of phenols is 1. The number of rotatable bonds is 5. The summed E-state index contributed by atoms with van der Waals surface area (Å²) in [6, 6.07) is 4.06. The van der Waals surface area contributed by atoms with Gasteiger partial charge in [0.25, 0.3) is 5.89 Å². The van der Waals surface area contributed by atoms with E-state index in [-0.39, 0.29) is 23.9 Å². The van der Waals surface area contributed by atoms with Crippen LogP contribution in [0.1, 0.15) is 11.9 Å². The topological polar surface area (TPSA) is 77.6 Å². The van der Waals surface area contributed by atoms with Crippen molar-refractivity contribution >= 4 is 0 Å². The van der Waals surface area contributed by atoms with E-state index in [1.54, 1.807) is 0 Å². The van der Waals surface area contributed by atoms with Crippen molar-refractivity contribution in [3.05, 3.63) is 29.8 Å². The molecule has 102 valence electrons. The summed E-state index contributed by atoms with van der Waals surface area (Å²) in [5.74, 6) is -0.996. The van der Waals surface area contributed by atoms with Crippen molar-refractivity contribution in [2.24, 2.45) is 0 Å². The number of hydrogen-bond acceptors (Lipinski definition) is 6. The van der Waals surface area contributed by atoms with Crippen molar-refractivity contribution in [1.29, 1.82) is 0 Å². The van der Waals surface area contributed by atoms with Crippen LogP contribution in [-0.2, 0) is 9.47 Å². The number of aromatic nitrogens is 2. The fourth-order valence-electron chi connectivity index (χ4n) is 1.56. The molecular weight excluding hydrogens is 255 g/mol. The molecule has 0 radical (unpaired) electrons. The van der Waals surface area contributed by atoms with Gasteiger partial charge in [-0.05, 0) is 12.1 Å². The van der Waals surface area contributed by atoms with Crippen molar-refractivity contribution in [1.82, 2.24) is 10.1 Å². The molecule has 1 N–H and O–H groups in total. The molecule has 0 saturated carbocycles. The fourth-order valence-corrected chi connectivity index (χ4v) is 1.56. The molecule has 0 amide bonds. The zero-order chi connectivity index (χ0) is 13.8. The van der Waals surface area contributed by atoms with E-state index in [4.69, 9.17) is 14.0 Å². The van der Waals surface area contributed by atoms with E-state index in [1.165, 1.54) is 26.4 Å². The maximum Gasteiger partial charge on any atom is 0.261 e. The Labute approximate surface area is 108 Å². The lowest BCUT2D eigenvalue weighted by molar-refractivity contribution is 0.0209. The molecule has 1 aromatic heterocycles. The van der Waals surface area contributed by atoms with E-state index in [0.29, 0.717) is 0 Å². The predicted octanol–water partition coefficient (Wildman–Crippen LogP) is 1.92. The molecule has 7 heteroatoms. The van der Waals surface area contributed by atoms with Gasteiger partial charge in [-0.25, -0.2) is 4.39 Å². The molecule has 2 aromatic rings. The average Bonchev–Trinajstić information content (AvgIpc) is 2.88. The molecule has 0 bridgehead atoms.